The summed E-state index contributed by atoms with van der Waals surface area (Å²) in [7, 11) is 0. The van der Waals surface area contributed by atoms with Gasteiger partial charge >= 0.3 is 6.18 Å². The average Bonchev–Trinajstić information content (AvgIpc) is 2.34. The standard InChI is InChI=1S/C13H17F4NO/c1-8(7-19)9(2)18-6-10-3-4-11(14)5-12(10)13(15,16)17/h3-5,8-9,18-19H,6-7H2,1-2H3. The minimum Gasteiger partial charge on any atom is -0.396 e. The normalized spacial score (nSPS) is 15.3. The third-order valence-electron chi connectivity index (χ3n) is 3.13. The molecule has 0 aliphatic rings. The molecule has 6 heteroatoms. The zero-order valence-corrected chi connectivity index (χ0v) is 10.8. The van der Waals surface area contributed by atoms with Crippen molar-refractivity contribution >= 4 is 0 Å². The van der Waals surface area contributed by atoms with Crippen LogP contribution in [0, 0.1) is 11.7 Å². The minimum atomic E-state index is -4.58. The van der Waals surface area contributed by atoms with Crippen molar-refractivity contribution < 1.29 is 22.7 Å². The zero-order valence-electron chi connectivity index (χ0n) is 10.8. The van der Waals surface area contributed by atoms with E-state index in [0.717, 1.165) is 12.1 Å². The molecule has 0 spiro atoms. The Balaban J connectivity index is 2.84. The third kappa shape index (κ3) is 4.47. The van der Waals surface area contributed by atoms with Crippen LogP contribution in [0.4, 0.5) is 17.6 Å². The predicted molar refractivity (Wildman–Crippen MR) is 64.0 cm³/mol. The van der Waals surface area contributed by atoms with Gasteiger partial charge in [-0.2, -0.15) is 13.2 Å². The van der Waals surface area contributed by atoms with Gasteiger partial charge in [-0.3, -0.25) is 0 Å². The van der Waals surface area contributed by atoms with Crippen molar-refractivity contribution in [1.29, 1.82) is 0 Å². The van der Waals surface area contributed by atoms with Crippen molar-refractivity contribution in [2.24, 2.45) is 5.92 Å². The van der Waals surface area contributed by atoms with Gasteiger partial charge in [0, 0.05) is 19.2 Å². The smallest absolute Gasteiger partial charge is 0.396 e. The fourth-order valence-electron chi connectivity index (χ4n) is 1.60. The molecule has 19 heavy (non-hydrogen) atoms. The van der Waals surface area contributed by atoms with Crippen molar-refractivity contribution in [2.75, 3.05) is 6.61 Å². The monoisotopic (exact) mass is 279 g/mol. The Labute approximate surface area is 109 Å². The fraction of sp³-hybridized carbons (Fsp3) is 0.538. The van der Waals surface area contributed by atoms with E-state index in [1.165, 1.54) is 0 Å². The highest BCUT2D eigenvalue weighted by molar-refractivity contribution is 5.30. The van der Waals surface area contributed by atoms with Gasteiger partial charge in [-0.05, 0) is 30.5 Å². The second kappa shape index (κ2) is 6.34. The number of alkyl halides is 3. The van der Waals surface area contributed by atoms with Crippen molar-refractivity contribution in [3.63, 3.8) is 0 Å². The Hall–Kier alpha value is -1.14. The van der Waals surface area contributed by atoms with E-state index in [1.807, 2.05) is 0 Å². The van der Waals surface area contributed by atoms with E-state index in [1.54, 1.807) is 13.8 Å². The van der Waals surface area contributed by atoms with Gasteiger partial charge in [0.05, 0.1) is 5.56 Å². The van der Waals surface area contributed by atoms with Gasteiger partial charge in [-0.25, -0.2) is 4.39 Å². The number of aliphatic hydroxyl groups is 1. The zero-order chi connectivity index (χ0) is 14.6. The average molecular weight is 279 g/mol. The number of aliphatic hydroxyl groups excluding tert-OH is 1. The molecule has 2 nitrogen and oxygen atoms in total. The summed E-state index contributed by atoms with van der Waals surface area (Å²) in [6, 6.07) is 2.49. The molecule has 2 unspecified atom stereocenters. The predicted octanol–water partition coefficient (Wildman–Crippen LogP) is 2.95. The Morgan fingerprint density at radius 1 is 1.26 bits per heavy atom. The first-order chi connectivity index (χ1) is 8.75. The summed E-state index contributed by atoms with van der Waals surface area (Å²) in [4.78, 5) is 0. The van der Waals surface area contributed by atoms with Crippen LogP contribution in [-0.2, 0) is 12.7 Å². The number of halogens is 4. The molecule has 1 aromatic rings. The van der Waals surface area contributed by atoms with Crippen LogP contribution in [0.2, 0.25) is 0 Å². The molecule has 2 N–H and O–H groups in total. The molecule has 0 amide bonds. The maximum Gasteiger partial charge on any atom is 0.416 e. The number of nitrogens with one attached hydrogen (secondary N) is 1. The quantitative estimate of drug-likeness (QED) is 0.812. The largest absolute Gasteiger partial charge is 0.416 e. The molecular formula is C13H17F4NO. The van der Waals surface area contributed by atoms with Gasteiger partial charge < -0.3 is 10.4 Å². The lowest BCUT2D eigenvalue weighted by atomic mass is 10.0. The Bertz CT molecular complexity index is 420. The summed E-state index contributed by atoms with van der Waals surface area (Å²) < 4.78 is 51.1. The Kier molecular flexibility index (Phi) is 5.31. The van der Waals surface area contributed by atoms with Gasteiger partial charge in [0.25, 0.3) is 0 Å². The van der Waals surface area contributed by atoms with E-state index >= 15 is 0 Å². The SMILES string of the molecule is CC(CO)C(C)NCc1ccc(F)cc1C(F)(F)F. The van der Waals surface area contributed by atoms with Crippen LogP contribution in [0.1, 0.15) is 25.0 Å². The summed E-state index contributed by atoms with van der Waals surface area (Å²) in [5.74, 6) is -0.984. The highest BCUT2D eigenvalue weighted by Gasteiger charge is 2.33. The van der Waals surface area contributed by atoms with Crippen LogP contribution in [0.3, 0.4) is 0 Å². The van der Waals surface area contributed by atoms with Gasteiger partial charge in [-0.15, -0.1) is 0 Å². The van der Waals surface area contributed by atoms with Crippen LogP contribution in [-0.4, -0.2) is 17.8 Å². The molecule has 2 atom stereocenters. The molecule has 0 fully saturated rings. The third-order valence-corrected chi connectivity index (χ3v) is 3.13. The van der Waals surface area contributed by atoms with Crippen molar-refractivity contribution in [3.8, 4) is 0 Å². The lowest BCUT2D eigenvalue weighted by Gasteiger charge is -2.21. The fourth-order valence-corrected chi connectivity index (χ4v) is 1.60. The Morgan fingerprint density at radius 3 is 2.42 bits per heavy atom. The second-order valence-corrected chi connectivity index (χ2v) is 4.63. The molecule has 0 bridgehead atoms. The second-order valence-electron chi connectivity index (χ2n) is 4.63. The summed E-state index contributed by atoms with van der Waals surface area (Å²) in [5.41, 5.74) is -0.977. The number of benzene rings is 1. The molecule has 0 aliphatic carbocycles. The summed E-state index contributed by atoms with van der Waals surface area (Å²) >= 11 is 0. The highest BCUT2D eigenvalue weighted by atomic mass is 19.4. The molecule has 0 aliphatic heterocycles. The molecule has 1 aromatic carbocycles. The van der Waals surface area contributed by atoms with Crippen molar-refractivity contribution in [1.82, 2.24) is 5.32 Å². The first-order valence-corrected chi connectivity index (χ1v) is 5.95. The summed E-state index contributed by atoms with van der Waals surface area (Å²) in [6.45, 7) is 3.48. The van der Waals surface area contributed by atoms with Crippen molar-refractivity contribution in [2.45, 2.75) is 32.6 Å². The van der Waals surface area contributed by atoms with Crippen LogP contribution in [0.5, 0.6) is 0 Å². The van der Waals surface area contributed by atoms with E-state index in [9.17, 15) is 17.6 Å². The first-order valence-electron chi connectivity index (χ1n) is 5.95. The van der Waals surface area contributed by atoms with E-state index in [2.05, 4.69) is 5.32 Å². The molecule has 1 rings (SSSR count). The van der Waals surface area contributed by atoms with E-state index in [4.69, 9.17) is 5.11 Å². The summed E-state index contributed by atoms with van der Waals surface area (Å²) in [5, 5.41) is 11.9. The van der Waals surface area contributed by atoms with Crippen LogP contribution in [0.15, 0.2) is 18.2 Å². The van der Waals surface area contributed by atoms with Gasteiger partial charge in [0.2, 0.25) is 0 Å². The van der Waals surface area contributed by atoms with Gasteiger partial charge in [-0.1, -0.05) is 13.0 Å². The maximum atomic E-state index is 12.9. The minimum absolute atomic E-state index is 0.00844. The van der Waals surface area contributed by atoms with Crippen molar-refractivity contribution in [3.05, 3.63) is 35.1 Å². The van der Waals surface area contributed by atoms with E-state index in [-0.39, 0.29) is 30.7 Å². The van der Waals surface area contributed by atoms with Gasteiger partial charge in [0.1, 0.15) is 5.82 Å². The molecular weight excluding hydrogens is 262 g/mol. The van der Waals surface area contributed by atoms with E-state index < -0.39 is 17.6 Å². The molecule has 0 saturated carbocycles. The summed E-state index contributed by atoms with van der Waals surface area (Å²) in [6.07, 6.45) is -4.58. The van der Waals surface area contributed by atoms with Crippen LogP contribution < -0.4 is 5.32 Å². The molecule has 108 valence electrons. The molecule has 0 heterocycles. The Morgan fingerprint density at radius 2 is 1.89 bits per heavy atom. The van der Waals surface area contributed by atoms with Gasteiger partial charge in [0.15, 0.2) is 0 Å². The van der Waals surface area contributed by atoms with E-state index in [0.29, 0.717) is 6.07 Å². The lowest BCUT2D eigenvalue weighted by molar-refractivity contribution is -0.138. The maximum absolute atomic E-state index is 12.9. The number of rotatable bonds is 5. The first kappa shape index (κ1) is 15.9. The topological polar surface area (TPSA) is 32.3 Å². The van der Waals surface area contributed by atoms with Crippen LogP contribution >= 0.6 is 0 Å². The molecule has 0 radical (unpaired) electrons. The van der Waals surface area contributed by atoms with Crippen LogP contribution in [0.25, 0.3) is 0 Å². The lowest BCUT2D eigenvalue weighted by Crippen LogP contribution is -2.34. The molecule has 0 aromatic heterocycles. The molecule has 0 saturated heterocycles. The number of hydrogen-bond acceptors (Lipinski definition) is 2. The highest BCUT2D eigenvalue weighted by Crippen LogP contribution is 2.32. The number of hydrogen-bond donors (Lipinski definition) is 2.